The first kappa shape index (κ1) is 18.1. The Hall–Kier alpha value is -3.27. The summed E-state index contributed by atoms with van der Waals surface area (Å²) in [6, 6.07) is 8.05. The lowest BCUT2D eigenvalue weighted by molar-refractivity contribution is -0.906. The highest BCUT2D eigenvalue weighted by molar-refractivity contribution is 6.44. The van der Waals surface area contributed by atoms with Crippen LogP contribution >= 0.6 is 0 Å². The van der Waals surface area contributed by atoms with Crippen LogP contribution in [0.3, 0.4) is 0 Å². The first-order valence-corrected chi connectivity index (χ1v) is 8.84. The number of pyridine rings is 1. The van der Waals surface area contributed by atoms with E-state index in [4.69, 9.17) is 9.39 Å². The molecule has 0 bridgehead atoms. The molecule has 1 saturated heterocycles. The third-order valence-corrected chi connectivity index (χ3v) is 4.82. The summed E-state index contributed by atoms with van der Waals surface area (Å²) in [6.45, 7) is 0.515. The van der Waals surface area contributed by atoms with Gasteiger partial charge in [-0.15, -0.1) is 0 Å². The molecule has 28 heavy (non-hydrogen) atoms. The van der Waals surface area contributed by atoms with Gasteiger partial charge in [0.2, 0.25) is 6.20 Å². The van der Waals surface area contributed by atoms with Gasteiger partial charge in [0, 0.05) is 16.9 Å². The van der Waals surface area contributed by atoms with Crippen molar-refractivity contribution in [3.8, 4) is 11.5 Å². The molecule has 144 valence electrons. The zero-order valence-electron chi connectivity index (χ0n) is 14.8. The van der Waals surface area contributed by atoms with Gasteiger partial charge in [0.1, 0.15) is 23.2 Å². The summed E-state index contributed by atoms with van der Waals surface area (Å²) in [5.41, 5.74) is 0.706. The number of ether oxygens (including phenoxy) is 1. The van der Waals surface area contributed by atoms with E-state index in [0.717, 1.165) is 4.73 Å². The molecule has 3 N–H and O–H groups in total. The molecule has 0 spiro atoms. The molecule has 2 aliphatic rings. The number of amides is 1. The maximum Gasteiger partial charge on any atom is 0.522 e. The van der Waals surface area contributed by atoms with Crippen LogP contribution in [0.5, 0.6) is 11.5 Å². The smallest absolute Gasteiger partial charge is 0.522 e. The van der Waals surface area contributed by atoms with Crippen LogP contribution in [0.1, 0.15) is 26.4 Å². The number of carbonyl (C=O) groups is 2. The summed E-state index contributed by atoms with van der Waals surface area (Å²) in [5, 5.41) is 29.0. The van der Waals surface area contributed by atoms with Gasteiger partial charge in [-0.2, -0.15) is 0 Å². The average molecular weight is 385 g/mol. The molecule has 0 aliphatic carbocycles. The second-order valence-electron chi connectivity index (χ2n) is 6.72. The van der Waals surface area contributed by atoms with Gasteiger partial charge in [-0.05, 0) is 30.4 Å². The van der Waals surface area contributed by atoms with Crippen LogP contribution in [-0.4, -0.2) is 58.4 Å². The van der Waals surface area contributed by atoms with E-state index in [0.29, 0.717) is 18.3 Å². The lowest BCUT2D eigenvalue weighted by Crippen LogP contribution is -2.58. The number of carboxylic acids is 1. The van der Waals surface area contributed by atoms with Crippen molar-refractivity contribution >= 4 is 19.0 Å². The highest BCUT2D eigenvalue weighted by Crippen LogP contribution is 2.37. The van der Waals surface area contributed by atoms with Crippen LogP contribution < -0.4 is 14.1 Å². The highest BCUT2D eigenvalue weighted by Gasteiger charge is 2.38. The summed E-state index contributed by atoms with van der Waals surface area (Å²) in [7, 11) is -1.05. The molecule has 1 fully saturated rings. The third-order valence-electron chi connectivity index (χ3n) is 4.82. The number of nitrogens with zero attached hydrogens (tertiary/aromatic N) is 2. The Morgan fingerprint density at radius 3 is 2.75 bits per heavy atom. The van der Waals surface area contributed by atoms with Gasteiger partial charge < -0.3 is 24.4 Å². The zero-order chi connectivity index (χ0) is 19.8. The Morgan fingerprint density at radius 2 is 2.04 bits per heavy atom. The average Bonchev–Trinajstić information content (AvgIpc) is 2.63. The minimum Gasteiger partial charge on any atom is -0.535 e. The normalized spacial score (nSPS) is 16.0. The topological polar surface area (TPSA) is 120 Å². The fourth-order valence-corrected chi connectivity index (χ4v) is 3.34. The Bertz CT molecular complexity index is 946. The fourth-order valence-electron chi connectivity index (χ4n) is 3.34. The minimum atomic E-state index is -1.21. The van der Waals surface area contributed by atoms with Gasteiger partial charge >= 0.3 is 24.7 Å². The maximum atomic E-state index is 12.4. The molecule has 0 unspecified atom stereocenters. The lowest BCUT2D eigenvalue weighted by Gasteiger charge is -2.38. The largest absolute Gasteiger partial charge is 0.535 e. The fraction of sp³-hybridized carbons (Fsp3) is 0.278. The van der Waals surface area contributed by atoms with Crippen LogP contribution in [-0.2, 0) is 6.42 Å². The van der Waals surface area contributed by atoms with E-state index in [2.05, 4.69) is 0 Å². The quantitative estimate of drug-likeness (QED) is 0.391. The number of likely N-dealkylation sites (tertiary alicyclic amines) is 1. The summed E-state index contributed by atoms with van der Waals surface area (Å²) in [6.07, 6.45) is 1.89. The first-order valence-electron chi connectivity index (χ1n) is 8.84. The number of hydrogen-bond donors (Lipinski definition) is 3. The van der Waals surface area contributed by atoms with Crippen molar-refractivity contribution in [3.63, 3.8) is 0 Å². The van der Waals surface area contributed by atoms with Gasteiger partial charge in [-0.3, -0.25) is 10.0 Å². The van der Waals surface area contributed by atoms with Crippen molar-refractivity contribution in [1.29, 1.82) is 0 Å². The summed E-state index contributed by atoms with van der Waals surface area (Å²) in [5.74, 6) is -1.30. The molecule has 0 radical (unpaired) electrons. The molecule has 2 aliphatic heterocycles. The van der Waals surface area contributed by atoms with Crippen LogP contribution in [0.15, 0.2) is 36.5 Å². The number of benzene rings is 1. The van der Waals surface area contributed by atoms with Crippen molar-refractivity contribution in [2.75, 3.05) is 13.1 Å². The zero-order valence-corrected chi connectivity index (χ0v) is 14.8. The third kappa shape index (κ3) is 3.22. The van der Waals surface area contributed by atoms with E-state index in [9.17, 15) is 24.9 Å². The maximum absolute atomic E-state index is 12.4. The monoisotopic (exact) mass is 385 g/mol. The van der Waals surface area contributed by atoms with E-state index in [1.54, 1.807) is 24.3 Å². The first-order chi connectivity index (χ1) is 13.4. The molecule has 2 aromatic rings. The molecule has 3 heterocycles. The number of aromatic carboxylic acids is 1. The predicted octanol–water partition coefficient (Wildman–Crippen LogP) is 0.228. The highest BCUT2D eigenvalue weighted by atomic mass is 16.5. The molecule has 9 nitrogen and oxygen atoms in total. The number of aryl methyl sites for hydroxylation is 1. The number of aromatic nitrogens is 1. The van der Waals surface area contributed by atoms with Crippen LogP contribution in [0.25, 0.3) is 0 Å². The van der Waals surface area contributed by atoms with Crippen molar-refractivity contribution in [2.24, 2.45) is 0 Å². The van der Waals surface area contributed by atoms with Crippen molar-refractivity contribution in [3.05, 3.63) is 53.3 Å². The van der Waals surface area contributed by atoms with Gasteiger partial charge in [0.15, 0.2) is 0 Å². The summed E-state index contributed by atoms with van der Waals surface area (Å²) >= 11 is 0. The second-order valence-corrected chi connectivity index (χ2v) is 6.72. The van der Waals surface area contributed by atoms with Crippen molar-refractivity contribution in [2.45, 2.75) is 18.8 Å². The number of carbonyl (C=O) groups excluding carboxylic acids is 1. The molecule has 0 atom stereocenters. The molecule has 1 aromatic heterocycles. The Balaban J connectivity index is 1.48. The number of rotatable bonds is 4. The lowest BCUT2D eigenvalue weighted by atomic mass is 9.78. The summed E-state index contributed by atoms with van der Waals surface area (Å²) in [4.78, 5) is 25.6. The van der Waals surface area contributed by atoms with E-state index in [1.165, 1.54) is 17.2 Å². The summed E-state index contributed by atoms with van der Waals surface area (Å²) < 4.78 is 11.9. The van der Waals surface area contributed by atoms with E-state index < -0.39 is 13.1 Å². The molecule has 4 rings (SSSR count). The minimum absolute atomic E-state index is 0.126. The van der Waals surface area contributed by atoms with Crippen molar-refractivity contribution in [1.82, 2.24) is 4.90 Å². The molecule has 1 amide bonds. The second kappa shape index (κ2) is 7.04. The van der Waals surface area contributed by atoms with E-state index in [1.807, 2.05) is 0 Å². The van der Waals surface area contributed by atoms with Gasteiger partial charge in [0.05, 0.1) is 13.1 Å². The van der Waals surface area contributed by atoms with Gasteiger partial charge in [-0.25, -0.2) is 4.79 Å². The van der Waals surface area contributed by atoms with Crippen LogP contribution in [0.4, 0.5) is 0 Å². The van der Waals surface area contributed by atoms with Crippen LogP contribution in [0.2, 0.25) is 6.32 Å². The molecule has 1 aromatic carbocycles. The number of fused-ring (bicyclic) bond motifs is 1. The Morgan fingerprint density at radius 1 is 1.25 bits per heavy atom. The Labute approximate surface area is 160 Å². The number of hydrogen-bond acceptors (Lipinski definition) is 6. The molecular formula is C18H18BN2O7+. The SMILES string of the molecule is O=C(O)c1c(OC2CN(C(=O)c3cccc[n+]3O)C2)ccc2c1OB(O)CC2. The molecular weight excluding hydrogens is 367 g/mol. The van der Waals surface area contributed by atoms with E-state index in [-0.39, 0.29) is 47.9 Å². The predicted molar refractivity (Wildman–Crippen MR) is 94.7 cm³/mol. The van der Waals surface area contributed by atoms with Crippen molar-refractivity contribution < 1.29 is 39.0 Å². The van der Waals surface area contributed by atoms with E-state index >= 15 is 0 Å². The molecule has 10 heteroatoms. The molecule has 0 saturated carbocycles. The Kier molecular flexibility index (Phi) is 4.56. The standard InChI is InChI=1S/C18H17BN2O7/c22-17(13-3-1-2-8-21(13)26)20-9-12(10-20)27-14-5-4-11-6-7-19(25)28-16(11)15(14)18(23)24/h1-5,8,12,25H,6-7,9-10H2,(H-,22,23,24,26)/p+1. The van der Waals surface area contributed by atoms with Crippen LogP contribution in [0, 0.1) is 0 Å². The van der Waals surface area contributed by atoms with Gasteiger partial charge in [0.25, 0.3) is 0 Å². The van der Waals surface area contributed by atoms with Gasteiger partial charge in [-0.1, -0.05) is 6.07 Å². The number of carboxylic acid groups (broad SMARTS) is 1.